The fourth-order valence-corrected chi connectivity index (χ4v) is 3.67. The lowest BCUT2D eigenvalue weighted by Crippen LogP contribution is -2.47. The van der Waals surface area contributed by atoms with Crippen molar-refractivity contribution in [1.82, 2.24) is 0 Å². The molecule has 0 radical (unpaired) electrons. The van der Waals surface area contributed by atoms with Crippen molar-refractivity contribution in [2.75, 3.05) is 6.61 Å². The molecule has 0 saturated carbocycles. The third kappa shape index (κ3) is 4.31. The quantitative estimate of drug-likeness (QED) is 0.577. The molecule has 1 fully saturated rings. The van der Waals surface area contributed by atoms with Gasteiger partial charge in [0, 0.05) is 0 Å². The molecular weight excluding hydrogens is 283 g/mol. The predicted octanol–water partition coefficient (Wildman–Crippen LogP) is 2.59. The average molecular weight is 308 g/mol. The Morgan fingerprint density at radius 1 is 1.42 bits per heavy atom. The van der Waals surface area contributed by atoms with Gasteiger partial charge in [-0.25, -0.2) is 0 Å². The molecule has 0 bridgehead atoms. The first-order valence-corrected chi connectivity index (χ1v) is 10.7. The molecule has 0 N–H and O–H groups in total. The molecule has 1 saturated heterocycles. The van der Waals surface area contributed by atoms with Crippen LogP contribution in [0.5, 0.6) is 0 Å². The summed E-state index contributed by atoms with van der Waals surface area (Å²) < 4.78 is 27.7. The van der Waals surface area contributed by atoms with Crippen molar-refractivity contribution < 1.29 is 23.1 Å². The molecule has 0 spiro atoms. The Labute approximate surface area is 117 Å². The second kappa shape index (κ2) is 6.29. The smallest absolute Gasteiger partial charge is 0.488 e. The summed E-state index contributed by atoms with van der Waals surface area (Å²) in [6.45, 7) is 13.1. The number of hydrogen-bond donors (Lipinski definition) is 0. The molecule has 7 heteroatoms. The van der Waals surface area contributed by atoms with E-state index < -0.39 is 22.7 Å². The van der Waals surface area contributed by atoms with E-state index in [1.807, 2.05) is 6.92 Å². The molecule has 0 aliphatic carbocycles. The van der Waals surface area contributed by atoms with Crippen LogP contribution in [0, 0.1) is 0 Å². The van der Waals surface area contributed by atoms with Crippen LogP contribution < -0.4 is 4.89 Å². The van der Waals surface area contributed by atoms with Gasteiger partial charge in [-0.3, -0.25) is 0 Å². The van der Waals surface area contributed by atoms with Gasteiger partial charge in [0.15, 0.2) is 14.4 Å². The van der Waals surface area contributed by atoms with Crippen molar-refractivity contribution >= 4 is 16.6 Å². The van der Waals surface area contributed by atoms with Crippen LogP contribution in [0.3, 0.4) is 0 Å². The molecule has 5 nitrogen and oxygen atoms in total. The van der Waals surface area contributed by atoms with Gasteiger partial charge in [0.05, 0.1) is 12.7 Å². The molecule has 0 aromatic carbocycles. The molecule has 1 heterocycles. The molecule has 0 aromatic heterocycles. The molecule has 0 amide bonds. The molecule has 1 aliphatic rings. The van der Waals surface area contributed by atoms with E-state index in [2.05, 4.69) is 33.9 Å². The molecule has 112 valence electrons. The number of rotatable bonds is 5. The highest BCUT2D eigenvalue weighted by Crippen LogP contribution is 2.40. The van der Waals surface area contributed by atoms with Crippen molar-refractivity contribution in [2.24, 2.45) is 0 Å². The fraction of sp³-hybridized carbons (Fsp3) is 1.00. The van der Waals surface area contributed by atoms with Crippen molar-refractivity contribution in [3.63, 3.8) is 0 Å². The summed E-state index contributed by atoms with van der Waals surface area (Å²) in [4.78, 5) is 10.8. The van der Waals surface area contributed by atoms with Gasteiger partial charge >= 0.3 is 8.25 Å². The Morgan fingerprint density at radius 2 is 2.00 bits per heavy atom. The standard InChI is InChI=1S/C12H25O5PSi/c1-7-9-11(16-18(13)14)10(8-15-9)17-19(5,6)12(2,3)4/h9-11H,7-8H2,1-6H3/t9-,10-,11?/m1/s1. The minimum Gasteiger partial charge on any atom is -0.566 e. The fourth-order valence-electron chi connectivity index (χ4n) is 1.89. The Morgan fingerprint density at radius 3 is 2.42 bits per heavy atom. The van der Waals surface area contributed by atoms with Crippen molar-refractivity contribution in [3.05, 3.63) is 0 Å². The van der Waals surface area contributed by atoms with E-state index in [1.165, 1.54) is 0 Å². The largest absolute Gasteiger partial charge is 0.566 e. The van der Waals surface area contributed by atoms with E-state index in [4.69, 9.17) is 13.7 Å². The Balaban J connectivity index is 2.79. The van der Waals surface area contributed by atoms with Gasteiger partial charge < -0.3 is 14.1 Å². The van der Waals surface area contributed by atoms with Crippen LogP contribution in [0.1, 0.15) is 34.1 Å². The van der Waals surface area contributed by atoms with Crippen LogP contribution in [0.4, 0.5) is 0 Å². The first-order chi connectivity index (χ1) is 8.58. The van der Waals surface area contributed by atoms with Gasteiger partial charge in [-0.1, -0.05) is 27.7 Å². The van der Waals surface area contributed by atoms with Crippen molar-refractivity contribution in [3.8, 4) is 0 Å². The van der Waals surface area contributed by atoms with Gasteiger partial charge in [0.25, 0.3) is 0 Å². The lowest BCUT2D eigenvalue weighted by atomic mass is 10.1. The summed E-state index contributed by atoms with van der Waals surface area (Å²) in [6, 6.07) is 0. The van der Waals surface area contributed by atoms with Crippen molar-refractivity contribution in [2.45, 2.75) is 70.6 Å². The van der Waals surface area contributed by atoms with Crippen LogP contribution in [0.2, 0.25) is 18.1 Å². The highest BCUT2D eigenvalue weighted by molar-refractivity contribution is 7.30. The molecule has 0 aromatic rings. The lowest BCUT2D eigenvalue weighted by molar-refractivity contribution is -0.192. The topological polar surface area (TPSA) is 67.8 Å². The van der Waals surface area contributed by atoms with Gasteiger partial charge in [-0.2, -0.15) is 0 Å². The van der Waals surface area contributed by atoms with E-state index in [1.54, 1.807) is 0 Å². The second-order valence-electron chi connectivity index (χ2n) is 6.49. The number of hydrogen-bond acceptors (Lipinski definition) is 5. The van der Waals surface area contributed by atoms with E-state index in [9.17, 15) is 9.46 Å². The van der Waals surface area contributed by atoms with Crippen LogP contribution in [0.15, 0.2) is 0 Å². The summed E-state index contributed by atoms with van der Waals surface area (Å²) in [6.07, 6.45) is -0.299. The lowest BCUT2D eigenvalue weighted by Gasteiger charge is -2.38. The predicted molar refractivity (Wildman–Crippen MR) is 74.6 cm³/mol. The van der Waals surface area contributed by atoms with E-state index >= 15 is 0 Å². The van der Waals surface area contributed by atoms with E-state index in [0.717, 1.165) is 0 Å². The zero-order valence-electron chi connectivity index (χ0n) is 12.6. The monoisotopic (exact) mass is 308 g/mol. The highest BCUT2D eigenvalue weighted by Gasteiger charge is 2.47. The maximum atomic E-state index is 10.8. The van der Waals surface area contributed by atoms with Crippen LogP contribution in [-0.2, 0) is 18.3 Å². The normalized spacial score (nSPS) is 29.6. The summed E-state index contributed by atoms with van der Waals surface area (Å²) in [5.41, 5.74) is 0. The second-order valence-corrected chi connectivity index (χ2v) is 11.9. The van der Waals surface area contributed by atoms with Gasteiger partial charge in [0.1, 0.15) is 6.10 Å². The third-order valence-electron chi connectivity index (χ3n) is 4.07. The first-order valence-electron chi connectivity index (χ1n) is 6.69. The maximum absolute atomic E-state index is 10.8. The summed E-state index contributed by atoms with van der Waals surface area (Å²) in [7, 11) is -4.85. The summed E-state index contributed by atoms with van der Waals surface area (Å²) in [5, 5.41) is 0.0709. The van der Waals surface area contributed by atoms with Crippen LogP contribution in [0.25, 0.3) is 0 Å². The molecule has 1 rings (SSSR count). The van der Waals surface area contributed by atoms with Gasteiger partial charge in [-0.15, -0.1) is 4.52 Å². The Hall–Kier alpha value is 0.157. The van der Waals surface area contributed by atoms with Gasteiger partial charge in [0.2, 0.25) is 0 Å². The summed E-state index contributed by atoms with van der Waals surface area (Å²) in [5.74, 6) is 0. The Bertz CT molecular complexity index is 329. The van der Waals surface area contributed by atoms with Crippen molar-refractivity contribution in [1.29, 1.82) is 0 Å². The molecule has 1 aliphatic heterocycles. The van der Waals surface area contributed by atoms with E-state index in [-0.39, 0.29) is 17.2 Å². The van der Waals surface area contributed by atoms with E-state index in [0.29, 0.717) is 13.0 Å². The zero-order chi connectivity index (χ0) is 14.8. The van der Waals surface area contributed by atoms with Gasteiger partial charge in [-0.05, 0) is 29.1 Å². The average Bonchev–Trinajstić information content (AvgIpc) is 2.58. The molecule has 2 unspecified atom stereocenters. The molecule has 4 atom stereocenters. The maximum Gasteiger partial charge on any atom is 0.488 e. The highest BCUT2D eigenvalue weighted by atomic mass is 31.1. The van der Waals surface area contributed by atoms with Crippen LogP contribution >= 0.6 is 8.25 Å². The zero-order valence-corrected chi connectivity index (χ0v) is 14.5. The Kier molecular flexibility index (Phi) is 5.69. The minimum atomic E-state index is -2.88. The summed E-state index contributed by atoms with van der Waals surface area (Å²) >= 11 is 0. The molecule has 19 heavy (non-hydrogen) atoms. The van der Waals surface area contributed by atoms with Crippen LogP contribution in [-0.4, -0.2) is 33.2 Å². The number of ether oxygens (including phenoxy) is 1. The minimum absolute atomic E-state index is 0.0709. The first kappa shape index (κ1) is 17.2. The SMILES string of the molecule is CC[C@H]1OC[C@@H](O[Si](C)(C)C(C)(C)C)C1O[P+](=O)[O-]. The molecular formula is C12H25O5PSi. The third-order valence-corrected chi connectivity index (χ3v) is 8.99.